The maximum atomic E-state index is 12.4. The molecular formula is C16H28N2O3. The quantitative estimate of drug-likeness (QED) is 0.841. The van der Waals surface area contributed by atoms with E-state index in [1.807, 2.05) is 4.90 Å². The lowest BCUT2D eigenvalue weighted by Crippen LogP contribution is -2.54. The number of hydrogen-bond acceptors (Lipinski definition) is 2. The fraction of sp³-hybridized carbons (Fsp3) is 0.875. The number of nitrogens with one attached hydrogen (secondary N) is 1. The third kappa shape index (κ3) is 3.50. The molecule has 0 aromatic heterocycles. The molecule has 2 amide bonds. The summed E-state index contributed by atoms with van der Waals surface area (Å²) in [6.45, 7) is 4.41. The van der Waals surface area contributed by atoms with Crippen molar-refractivity contribution in [3.05, 3.63) is 0 Å². The molecule has 5 nitrogen and oxygen atoms in total. The number of carbonyl (C=O) groups is 2. The highest BCUT2D eigenvalue weighted by Gasteiger charge is 2.40. The Morgan fingerprint density at radius 3 is 2.19 bits per heavy atom. The number of hydrogen-bond donors (Lipinski definition) is 2. The maximum absolute atomic E-state index is 12.4. The zero-order chi connectivity index (χ0) is 15.5. The summed E-state index contributed by atoms with van der Waals surface area (Å²) in [5.74, 6) is -0.762. The van der Waals surface area contributed by atoms with Crippen LogP contribution in [0.4, 0.5) is 4.79 Å². The van der Waals surface area contributed by atoms with Crippen molar-refractivity contribution in [3.63, 3.8) is 0 Å². The average molecular weight is 296 g/mol. The molecule has 2 rings (SSSR count). The van der Waals surface area contributed by atoms with E-state index in [-0.39, 0.29) is 24.7 Å². The van der Waals surface area contributed by atoms with Gasteiger partial charge in [-0.1, -0.05) is 19.3 Å². The number of rotatable bonds is 3. The highest BCUT2D eigenvalue weighted by molar-refractivity contribution is 5.78. The highest BCUT2D eigenvalue weighted by Crippen LogP contribution is 2.36. The molecule has 1 saturated heterocycles. The Hall–Kier alpha value is -1.26. The van der Waals surface area contributed by atoms with E-state index < -0.39 is 11.4 Å². The van der Waals surface area contributed by atoms with E-state index in [4.69, 9.17) is 0 Å². The van der Waals surface area contributed by atoms with Crippen molar-refractivity contribution < 1.29 is 14.7 Å². The lowest BCUT2D eigenvalue weighted by atomic mass is 9.74. The minimum absolute atomic E-state index is 0.0964. The summed E-state index contributed by atoms with van der Waals surface area (Å²) in [5.41, 5.74) is -0.754. The first-order valence-corrected chi connectivity index (χ1v) is 8.26. The first kappa shape index (κ1) is 16.1. The molecule has 21 heavy (non-hydrogen) atoms. The Kier molecular flexibility index (Phi) is 5.12. The first-order chi connectivity index (χ1) is 9.96. The van der Waals surface area contributed by atoms with Crippen molar-refractivity contribution >= 4 is 12.0 Å². The molecule has 0 bridgehead atoms. The molecular weight excluding hydrogens is 268 g/mol. The number of carbonyl (C=O) groups excluding carboxylic acids is 1. The second-order valence-corrected chi connectivity index (χ2v) is 6.84. The third-order valence-electron chi connectivity index (χ3n) is 5.27. The zero-order valence-corrected chi connectivity index (χ0v) is 13.2. The van der Waals surface area contributed by atoms with Crippen molar-refractivity contribution in [2.75, 3.05) is 6.54 Å². The zero-order valence-electron chi connectivity index (χ0n) is 13.2. The van der Waals surface area contributed by atoms with Gasteiger partial charge in [-0.05, 0) is 46.0 Å². The van der Waals surface area contributed by atoms with Crippen molar-refractivity contribution in [2.45, 2.75) is 77.3 Å². The van der Waals surface area contributed by atoms with E-state index >= 15 is 0 Å². The van der Waals surface area contributed by atoms with Gasteiger partial charge in [-0.25, -0.2) is 4.79 Å². The van der Waals surface area contributed by atoms with Crippen molar-refractivity contribution in [3.8, 4) is 0 Å². The summed E-state index contributed by atoms with van der Waals surface area (Å²) in [6, 6.07) is 0.377. The SMILES string of the molecule is CC1CCCC(C)N1C(=O)NCC1(C(=O)O)CCCCC1. The Labute approximate surface area is 127 Å². The average Bonchev–Trinajstić information content (AvgIpc) is 2.46. The molecule has 120 valence electrons. The number of urea groups is 1. The van der Waals surface area contributed by atoms with E-state index in [1.54, 1.807) is 0 Å². The molecule has 0 spiro atoms. The van der Waals surface area contributed by atoms with Crippen LogP contribution in [0.1, 0.15) is 65.2 Å². The van der Waals surface area contributed by atoms with E-state index in [9.17, 15) is 14.7 Å². The second-order valence-electron chi connectivity index (χ2n) is 6.84. The van der Waals surface area contributed by atoms with Gasteiger partial charge >= 0.3 is 12.0 Å². The summed E-state index contributed by atoms with van der Waals surface area (Å²) in [4.78, 5) is 26.0. The third-order valence-corrected chi connectivity index (χ3v) is 5.27. The van der Waals surface area contributed by atoms with E-state index in [0.717, 1.165) is 38.5 Å². The number of nitrogens with zero attached hydrogens (tertiary/aromatic N) is 1. The normalized spacial score (nSPS) is 29.0. The predicted molar refractivity (Wildman–Crippen MR) is 81.2 cm³/mol. The van der Waals surface area contributed by atoms with Crippen LogP contribution < -0.4 is 5.32 Å². The molecule has 2 fully saturated rings. The Balaban J connectivity index is 1.97. The number of carboxylic acids is 1. The van der Waals surface area contributed by atoms with Gasteiger partial charge < -0.3 is 15.3 Å². The summed E-state index contributed by atoms with van der Waals surface area (Å²) in [6.07, 6.45) is 7.55. The van der Waals surface area contributed by atoms with E-state index in [0.29, 0.717) is 12.8 Å². The summed E-state index contributed by atoms with van der Waals surface area (Å²) in [5, 5.41) is 12.5. The number of aliphatic carboxylic acids is 1. The first-order valence-electron chi connectivity index (χ1n) is 8.26. The van der Waals surface area contributed by atoms with Crippen molar-refractivity contribution in [1.29, 1.82) is 0 Å². The van der Waals surface area contributed by atoms with Crippen LogP contribution >= 0.6 is 0 Å². The summed E-state index contributed by atoms with van der Waals surface area (Å²) >= 11 is 0. The number of carboxylic acid groups (broad SMARTS) is 1. The minimum atomic E-state index is -0.762. The van der Waals surface area contributed by atoms with Gasteiger partial charge in [0, 0.05) is 18.6 Å². The van der Waals surface area contributed by atoms with Crippen LogP contribution in [0.2, 0.25) is 0 Å². The van der Waals surface area contributed by atoms with Gasteiger partial charge in [-0.2, -0.15) is 0 Å². The molecule has 0 radical (unpaired) electrons. The van der Waals surface area contributed by atoms with Gasteiger partial charge in [0.2, 0.25) is 0 Å². The van der Waals surface area contributed by atoms with Gasteiger partial charge in [0.15, 0.2) is 0 Å². The largest absolute Gasteiger partial charge is 0.481 e. The number of likely N-dealkylation sites (tertiary alicyclic amines) is 1. The monoisotopic (exact) mass is 296 g/mol. The number of amides is 2. The van der Waals surface area contributed by atoms with Gasteiger partial charge in [0.05, 0.1) is 5.41 Å². The topological polar surface area (TPSA) is 69.6 Å². The van der Waals surface area contributed by atoms with Crippen LogP contribution in [0, 0.1) is 5.41 Å². The van der Waals surface area contributed by atoms with Crippen LogP contribution in [-0.2, 0) is 4.79 Å². The molecule has 2 atom stereocenters. The fourth-order valence-electron chi connectivity index (χ4n) is 3.85. The molecule has 1 heterocycles. The molecule has 1 aliphatic carbocycles. The van der Waals surface area contributed by atoms with Crippen LogP contribution in [0.25, 0.3) is 0 Å². The van der Waals surface area contributed by atoms with Gasteiger partial charge in [-0.15, -0.1) is 0 Å². The van der Waals surface area contributed by atoms with Crippen LogP contribution in [-0.4, -0.2) is 40.6 Å². The Bertz CT molecular complexity index is 381. The lowest BCUT2D eigenvalue weighted by Gasteiger charge is -2.40. The molecule has 2 unspecified atom stereocenters. The van der Waals surface area contributed by atoms with Crippen LogP contribution in [0.3, 0.4) is 0 Å². The molecule has 1 saturated carbocycles. The molecule has 2 N–H and O–H groups in total. The minimum Gasteiger partial charge on any atom is -0.481 e. The van der Waals surface area contributed by atoms with E-state index in [2.05, 4.69) is 19.2 Å². The highest BCUT2D eigenvalue weighted by atomic mass is 16.4. The lowest BCUT2D eigenvalue weighted by molar-refractivity contribution is -0.150. The standard InChI is InChI=1S/C16H28N2O3/c1-12-7-6-8-13(2)18(12)15(21)17-11-16(14(19)20)9-4-3-5-10-16/h12-13H,3-11H2,1-2H3,(H,17,21)(H,19,20). The smallest absolute Gasteiger partial charge is 0.317 e. The van der Waals surface area contributed by atoms with Gasteiger partial charge in [0.25, 0.3) is 0 Å². The van der Waals surface area contributed by atoms with E-state index in [1.165, 1.54) is 0 Å². The fourth-order valence-corrected chi connectivity index (χ4v) is 3.85. The van der Waals surface area contributed by atoms with Gasteiger partial charge in [0.1, 0.15) is 0 Å². The van der Waals surface area contributed by atoms with Crippen LogP contribution in [0.5, 0.6) is 0 Å². The molecule has 0 aromatic rings. The van der Waals surface area contributed by atoms with Crippen LogP contribution in [0.15, 0.2) is 0 Å². The molecule has 2 aliphatic rings. The second kappa shape index (κ2) is 6.67. The van der Waals surface area contributed by atoms with Gasteiger partial charge in [-0.3, -0.25) is 4.79 Å². The Morgan fingerprint density at radius 1 is 1.10 bits per heavy atom. The maximum Gasteiger partial charge on any atom is 0.317 e. The number of piperidine rings is 1. The summed E-state index contributed by atoms with van der Waals surface area (Å²) < 4.78 is 0. The molecule has 1 aliphatic heterocycles. The molecule has 5 heteroatoms. The Morgan fingerprint density at radius 2 is 1.67 bits per heavy atom. The van der Waals surface area contributed by atoms with Crippen molar-refractivity contribution in [2.24, 2.45) is 5.41 Å². The molecule has 0 aromatic carbocycles. The summed E-state index contributed by atoms with van der Waals surface area (Å²) in [7, 11) is 0. The van der Waals surface area contributed by atoms with Crippen molar-refractivity contribution in [1.82, 2.24) is 10.2 Å². The predicted octanol–water partition coefficient (Wildman–Crippen LogP) is 2.99.